The lowest BCUT2D eigenvalue weighted by atomic mass is 10.2. The van der Waals surface area contributed by atoms with Gasteiger partial charge in [0, 0.05) is 103 Å². The topological polar surface area (TPSA) is 137 Å². The van der Waals surface area contributed by atoms with E-state index < -0.39 is 11.7 Å². The molecule has 1 atom stereocenters. The summed E-state index contributed by atoms with van der Waals surface area (Å²) in [5.74, 6) is 7.05. The normalized spacial score (nSPS) is 11.9. The fraction of sp³-hybridized carbons (Fsp3) is 0.345. The van der Waals surface area contributed by atoms with Crippen LogP contribution in [0.3, 0.4) is 0 Å². The van der Waals surface area contributed by atoms with Crippen molar-refractivity contribution >= 4 is 82.7 Å². The van der Waals surface area contributed by atoms with E-state index in [0.717, 1.165) is 52.9 Å². The number of benzene rings is 3. The van der Waals surface area contributed by atoms with Gasteiger partial charge >= 0.3 is 30.3 Å². The van der Waals surface area contributed by atoms with E-state index in [-0.39, 0.29) is 6.23 Å². The lowest BCUT2D eigenvalue weighted by Gasteiger charge is -2.14. The highest BCUT2D eigenvalue weighted by atomic mass is 32.9. The van der Waals surface area contributed by atoms with E-state index in [1.54, 1.807) is 80.1 Å². The first kappa shape index (κ1) is 92.9. The van der Waals surface area contributed by atoms with Gasteiger partial charge in [0.15, 0.2) is 70.3 Å². The van der Waals surface area contributed by atoms with E-state index in [1.807, 2.05) is 202 Å². The summed E-state index contributed by atoms with van der Waals surface area (Å²) in [6.45, 7) is 26.2. The van der Waals surface area contributed by atoms with Gasteiger partial charge in [-0.2, -0.15) is 36.1 Å². The molecule has 3 aromatic carbocycles. The Morgan fingerprint density at radius 1 is 0.577 bits per heavy atom. The lowest BCUT2D eigenvalue weighted by Crippen LogP contribution is -2.36. The van der Waals surface area contributed by atoms with Gasteiger partial charge in [-0.15, -0.1) is 9.36 Å². The molecule has 0 aliphatic carbocycles. The highest BCUT2D eigenvalue weighted by Gasteiger charge is 2.33. The van der Waals surface area contributed by atoms with Crippen LogP contribution < -0.4 is 41.7 Å². The maximum atomic E-state index is 12.1. The Morgan fingerprint density at radius 3 is 1.59 bits per heavy atom. The molecule has 0 saturated heterocycles. The summed E-state index contributed by atoms with van der Waals surface area (Å²) in [7, 11) is 29.5. The molecular formula is C84H117F3N16O4S4+12. The zero-order chi connectivity index (χ0) is 82.5. The van der Waals surface area contributed by atoms with Crippen LogP contribution in [-0.4, -0.2) is 84.1 Å². The summed E-state index contributed by atoms with van der Waals surface area (Å²) in [5.41, 5.74) is 6.55. The van der Waals surface area contributed by atoms with Crippen LogP contribution in [0.25, 0.3) is 21.3 Å². The minimum absolute atomic E-state index is 0.174. The van der Waals surface area contributed by atoms with Gasteiger partial charge in [-0.3, -0.25) is 0 Å². The summed E-state index contributed by atoms with van der Waals surface area (Å²) in [5, 5.41) is 9.52. The molecule has 2 aliphatic rings. The Labute approximate surface area is 670 Å². The SMILES string of the molecule is CC1Oc2ccccc2N1C.CC1[N+](C)=CC=[N+]1C.Cc1cc[n+](C)n1C.Cc1cc[s+]s1.Cc1ccc(C(F)(F)F)c[n+]1C.Cc1cccc[o+]1.Cc1cccc[s+]1.Cc1n(C)c2ccccc2[n+]1C.Cc1n(C)nc[n+]1C.Cc1nccc[n+]1C.Cc1ncco1.Cc1occ[n+]1C.Cc1sc2ccccc2[n+]1C. The highest BCUT2D eigenvalue weighted by Crippen LogP contribution is 2.35. The van der Waals surface area contributed by atoms with Crippen LogP contribution in [0.15, 0.2) is 226 Å². The number of thiazole rings is 1. The van der Waals surface area contributed by atoms with E-state index in [4.69, 9.17) is 18.0 Å². The molecule has 590 valence electrons. The maximum Gasteiger partial charge on any atom is 0.422 e. The number of aromatic nitrogens is 13. The Bertz CT molecular complexity index is 4810. The average molecular weight is 1600 g/mol. The quantitative estimate of drug-likeness (QED) is 0.0832. The molecule has 14 aromatic rings. The van der Waals surface area contributed by atoms with Crippen LogP contribution >= 0.6 is 43.4 Å². The van der Waals surface area contributed by atoms with Gasteiger partial charge in [0.05, 0.1) is 91.7 Å². The number of fused-ring (bicyclic) bond motifs is 3. The molecule has 0 bridgehead atoms. The Kier molecular flexibility index (Phi) is 39.8. The van der Waals surface area contributed by atoms with Crippen LogP contribution in [0.1, 0.15) is 80.6 Å². The molecule has 0 amide bonds. The van der Waals surface area contributed by atoms with Crippen molar-refractivity contribution in [2.45, 2.75) is 109 Å². The Balaban J connectivity index is 0.000000255. The molecular weight excluding hydrogens is 1480 g/mol. The minimum Gasteiger partial charge on any atom is -0.469 e. The van der Waals surface area contributed by atoms with Crippen LogP contribution in [0.4, 0.5) is 18.9 Å². The predicted octanol–water partition coefficient (Wildman–Crippen LogP) is 14.7. The molecule has 2 aliphatic heterocycles. The molecule has 0 N–H and O–H groups in total. The van der Waals surface area contributed by atoms with Crippen LogP contribution in [0, 0.1) is 76.2 Å². The number of nitrogens with zero attached hydrogens (tertiary/aromatic N) is 16. The van der Waals surface area contributed by atoms with E-state index in [0.29, 0.717) is 6.17 Å². The van der Waals surface area contributed by atoms with Crippen molar-refractivity contribution in [1.82, 2.24) is 29.0 Å². The summed E-state index contributed by atoms with van der Waals surface area (Å²) in [6.07, 6.45) is 17.6. The second-order valence-corrected chi connectivity index (χ2v) is 30.5. The van der Waals surface area contributed by atoms with Crippen LogP contribution in [0.2, 0.25) is 0 Å². The van der Waals surface area contributed by atoms with Crippen molar-refractivity contribution in [3.05, 3.63) is 279 Å². The van der Waals surface area contributed by atoms with Crippen molar-refractivity contribution in [3.8, 4) is 5.75 Å². The molecule has 0 spiro atoms. The van der Waals surface area contributed by atoms with Crippen molar-refractivity contribution in [1.29, 1.82) is 0 Å². The van der Waals surface area contributed by atoms with Crippen molar-refractivity contribution in [3.63, 3.8) is 0 Å². The number of alkyl halides is 3. The number of halogens is 3. The molecule has 27 heteroatoms. The first-order valence-corrected chi connectivity index (χ1v) is 39.7. The average Bonchev–Trinajstić information content (AvgIpc) is 1.66. The largest absolute Gasteiger partial charge is 0.469 e. The molecule has 13 heterocycles. The highest BCUT2D eigenvalue weighted by molar-refractivity contribution is 7.68. The summed E-state index contributed by atoms with van der Waals surface area (Å²) < 4.78 is 82.0. The van der Waals surface area contributed by atoms with Gasteiger partial charge in [0.1, 0.15) is 63.7 Å². The fourth-order valence-electron chi connectivity index (χ4n) is 9.27. The number of pyridine rings is 1. The van der Waals surface area contributed by atoms with Crippen molar-refractivity contribution in [2.24, 2.45) is 70.5 Å². The third-order valence-electron chi connectivity index (χ3n) is 17.8. The van der Waals surface area contributed by atoms with Crippen LogP contribution in [0.5, 0.6) is 5.75 Å². The predicted molar refractivity (Wildman–Crippen MR) is 442 cm³/mol. The standard InChI is InChI=1S/C10H13N2.C9H11NO.C9H10NS.C8H9F3N.C6H12N2.C6H11N2.C6H9N2.C6H7O.C6H7S.C5H10N3.C5H8NO.C4H5NO.C4H5S2/c1-8-11(2)9-6-4-5-7-10(9)12(8)3;2*1-7-10(2)8-5-3-4-6-9(8)11-7;1-6-3-4-7(5-12(6)2)8(9,10)11;1-6-7(2)4-5-8(6)3;1-6-4-5-7(2)8(6)3;1-6-7-4-3-5-8(6)2;2*1-6-4-2-3-5-7-6;1-5-7(2)4-6-8(5)3;1-5-6(2)3-4-7-5;1-4-5-2-3-6-4;1-4-2-3-5-6-4/h4-7H,1-3H3;3-7H,1-2H3;3-6H,1-2H3;3-5H,1-2H3;4-6H,1-3H3;4-5H,1-3H3;3-5H,1-2H3;2*2-5H,1H3;4H,1-3H3;3-4H,1-2H3;2*2-3H,1H3/q+1;;2*+1;+2;6*+1;;+1. The molecule has 16 rings (SSSR count). The first-order valence-electron chi connectivity index (χ1n) is 35.8. The van der Waals surface area contributed by atoms with Gasteiger partial charge in [0.25, 0.3) is 28.3 Å². The summed E-state index contributed by atoms with van der Waals surface area (Å²) >= 11 is 3.61. The fourth-order valence-corrected chi connectivity index (χ4v) is 12.5. The number of hydrogen-bond acceptors (Lipinski definition) is 9. The zero-order valence-corrected chi connectivity index (χ0v) is 72.8. The second-order valence-electron chi connectivity index (χ2n) is 25.8. The number of rotatable bonds is 0. The number of hydrogen-bond donors (Lipinski definition) is 0. The third kappa shape index (κ3) is 32.2. The number of anilines is 1. The third-order valence-corrected chi connectivity index (χ3v) is 21.9. The summed E-state index contributed by atoms with van der Waals surface area (Å²) in [4.78, 5) is 12.7. The van der Waals surface area contributed by atoms with Crippen molar-refractivity contribution in [2.75, 3.05) is 26.0 Å². The molecule has 0 radical (unpaired) electrons. The smallest absolute Gasteiger partial charge is 0.422 e. The monoisotopic (exact) mass is 1600 g/mol. The molecule has 111 heavy (non-hydrogen) atoms. The molecule has 1 unspecified atom stereocenters. The number of ether oxygens (including phenoxy) is 1. The van der Waals surface area contributed by atoms with Gasteiger partial charge in [0.2, 0.25) is 56.6 Å². The van der Waals surface area contributed by atoms with E-state index in [2.05, 4.69) is 220 Å². The lowest BCUT2D eigenvalue weighted by molar-refractivity contribution is -0.751. The van der Waals surface area contributed by atoms with Crippen LogP contribution in [-0.2, 0) is 76.7 Å². The maximum absolute atomic E-state index is 12.1. The first-order chi connectivity index (χ1) is 52.5. The number of aryl methyl sites for hydroxylation is 18. The van der Waals surface area contributed by atoms with Gasteiger partial charge in [-0.05, 0) is 75.4 Å². The molecule has 0 fully saturated rings. The van der Waals surface area contributed by atoms with Gasteiger partial charge < -0.3 is 18.5 Å². The number of para-hydroxylation sites is 5. The van der Waals surface area contributed by atoms with E-state index in [9.17, 15) is 13.2 Å². The molecule has 11 aromatic heterocycles. The second kappa shape index (κ2) is 47.6. The number of oxazole rings is 2. The Hall–Kier alpha value is -10.5. The van der Waals surface area contributed by atoms with Crippen molar-refractivity contribution < 1.29 is 72.4 Å². The summed E-state index contributed by atoms with van der Waals surface area (Å²) in [6, 6.07) is 45.5. The van der Waals surface area contributed by atoms with Gasteiger partial charge in [-0.1, -0.05) is 58.8 Å². The zero-order valence-electron chi connectivity index (χ0n) is 69.6. The van der Waals surface area contributed by atoms with E-state index in [1.165, 1.54) is 63.9 Å². The molecule has 20 nitrogen and oxygen atoms in total. The van der Waals surface area contributed by atoms with E-state index >= 15 is 0 Å². The molecule has 0 saturated carbocycles. The number of imidazole rings is 1. The Morgan fingerprint density at radius 2 is 1.23 bits per heavy atom. The van der Waals surface area contributed by atoms with Gasteiger partial charge in [-0.25, -0.2) is 32.2 Å². The minimum atomic E-state index is -4.24.